The van der Waals surface area contributed by atoms with E-state index in [4.69, 9.17) is 0 Å². The van der Waals surface area contributed by atoms with E-state index in [9.17, 15) is 4.79 Å². The highest BCUT2D eigenvalue weighted by Gasteiger charge is 2.51. The van der Waals surface area contributed by atoms with Gasteiger partial charge in [0.1, 0.15) is 0 Å². The molecule has 1 aliphatic carbocycles. The topological polar surface area (TPSA) is 32.3 Å². The molecule has 2 rings (SSSR count). The van der Waals surface area contributed by atoms with Gasteiger partial charge in [-0.05, 0) is 44.8 Å². The molecule has 2 aliphatic rings. The van der Waals surface area contributed by atoms with E-state index in [2.05, 4.69) is 37.2 Å². The summed E-state index contributed by atoms with van der Waals surface area (Å²) in [5, 5.41) is 3.70. The van der Waals surface area contributed by atoms with Crippen LogP contribution in [0.4, 0.5) is 0 Å². The van der Waals surface area contributed by atoms with E-state index in [1.54, 1.807) is 0 Å². The summed E-state index contributed by atoms with van der Waals surface area (Å²) in [5.41, 5.74) is -0.348. The summed E-state index contributed by atoms with van der Waals surface area (Å²) >= 11 is 1.85. The fraction of sp³-hybridized carbons (Fsp3) is 0.938. The zero-order valence-electron chi connectivity index (χ0n) is 13.4. The highest BCUT2D eigenvalue weighted by Crippen LogP contribution is 2.37. The minimum atomic E-state index is -0.348. The van der Waals surface area contributed by atoms with Gasteiger partial charge in [0.05, 0.1) is 11.7 Å². The van der Waals surface area contributed by atoms with E-state index >= 15 is 0 Å². The fourth-order valence-corrected chi connectivity index (χ4v) is 4.50. The first-order valence-electron chi connectivity index (χ1n) is 8.16. The molecular weight excluding hydrogens is 268 g/mol. The van der Waals surface area contributed by atoms with Gasteiger partial charge in [0, 0.05) is 11.8 Å². The van der Waals surface area contributed by atoms with Crippen LogP contribution in [0, 0.1) is 5.92 Å². The molecule has 3 atom stereocenters. The lowest BCUT2D eigenvalue weighted by molar-refractivity contribution is -0.135. The molecule has 0 aromatic rings. The van der Waals surface area contributed by atoms with Crippen molar-refractivity contribution in [2.75, 3.05) is 12.0 Å². The zero-order chi connectivity index (χ0) is 14.8. The van der Waals surface area contributed by atoms with Gasteiger partial charge in [-0.25, -0.2) is 0 Å². The van der Waals surface area contributed by atoms with Crippen molar-refractivity contribution in [2.45, 2.75) is 77.0 Å². The Hall–Kier alpha value is -0.220. The van der Waals surface area contributed by atoms with Crippen LogP contribution >= 0.6 is 11.8 Å². The predicted molar refractivity (Wildman–Crippen MR) is 86.9 cm³/mol. The Morgan fingerprint density at radius 1 is 1.40 bits per heavy atom. The van der Waals surface area contributed by atoms with Gasteiger partial charge >= 0.3 is 0 Å². The SMILES string of the molecule is CCC(CSC)N1C(=O)C(C)(CC)NC1C1CCCC1. The van der Waals surface area contributed by atoms with Gasteiger partial charge < -0.3 is 4.90 Å². The lowest BCUT2D eigenvalue weighted by atomic mass is 9.99. The molecule has 3 nitrogen and oxygen atoms in total. The van der Waals surface area contributed by atoms with Crippen molar-refractivity contribution in [3.63, 3.8) is 0 Å². The van der Waals surface area contributed by atoms with Gasteiger partial charge in [-0.15, -0.1) is 0 Å². The van der Waals surface area contributed by atoms with E-state index in [-0.39, 0.29) is 11.7 Å². The molecule has 3 unspecified atom stereocenters. The van der Waals surface area contributed by atoms with Crippen molar-refractivity contribution in [3.05, 3.63) is 0 Å². The average Bonchev–Trinajstić information content (AvgIpc) is 3.05. The zero-order valence-corrected chi connectivity index (χ0v) is 14.3. The molecule has 1 saturated carbocycles. The van der Waals surface area contributed by atoms with Crippen molar-refractivity contribution >= 4 is 17.7 Å². The quantitative estimate of drug-likeness (QED) is 0.817. The Morgan fingerprint density at radius 3 is 2.55 bits per heavy atom. The summed E-state index contributed by atoms with van der Waals surface area (Å²) in [4.78, 5) is 15.2. The summed E-state index contributed by atoms with van der Waals surface area (Å²) in [5.74, 6) is 2.04. The molecule has 1 heterocycles. The summed E-state index contributed by atoms with van der Waals surface area (Å²) < 4.78 is 0. The van der Waals surface area contributed by atoms with E-state index in [0.717, 1.165) is 18.6 Å². The Bertz CT molecular complexity index is 343. The number of carbonyl (C=O) groups is 1. The molecule has 1 aliphatic heterocycles. The number of carbonyl (C=O) groups excluding carboxylic acids is 1. The monoisotopic (exact) mass is 298 g/mol. The van der Waals surface area contributed by atoms with Crippen LogP contribution in [0.15, 0.2) is 0 Å². The number of nitrogens with one attached hydrogen (secondary N) is 1. The van der Waals surface area contributed by atoms with Gasteiger partial charge in [0.15, 0.2) is 0 Å². The third-order valence-electron chi connectivity index (χ3n) is 5.25. The lowest BCUT2D eigenvalue weighted by Crippen LogP contribution is -2.48. The van der Waals surface area contributed by atoms with Gasteiger partial charge in [0.25, 0.3) is 0 Å². The van der Waals surface area contributed by atoms with Crippen molar-refractivity contribution in [3.8, 4) is 0 Å². The average molecular weight is 298 g/mol. The number of thioether (sulfide) groups is 1. The molecule has 2 fully saturated rings. The van der Waals surface area contributed by atoms with E-state index in [1.807, 2.05) is 11.8 Å². The van der Waals surface area contributed by atoms with Crippen LogP contribution in [0.25, 0.3) is 0 Å². The minimum absolute atomic E-state index is 0.270. The molecule has 0 spiro atoms. The largest absolute Gasteiger partial charge is 0.321 e. The van der Waals surface area contributed by atoms with Crippen LogP contribution in [0.1, 0.15) is 59.3 Å². The highest BCUT2D eigenvalue weighted by molar-refractivity contribution is 7.98. The molecule has 0 radical (unpaired) electrons. The highest BCUT2D eigenvalue weighted by atomic mass is 32.2. The third-order valence-corrected chi connectivity index (χ3v) is 5.97. The predicted octanol–water partition coefficient (Wildman–Crippen LogP) is 3.24. The second-order valence-electron chi connectivity index (χ2n) is 6.55. The molecule has 1 N–H and O–H groups in total. The number of hydrogen-bond acceptors (Lipinski definition) is 3. The van der Waals surface area contributed by atoms with Crippen LogP contribution in [-0.4, -0.2) is 40.6 Å². The first-order chi connectivity index (χ1) is 9.57. The number of amides is 1. The van der Waals surface area contributed by atoms with Crippen molar-refractivity contribution < 1.29 is 4.79 Å². The summed E-state index contributed by atoms with van der Waals surface area (Å²) in [6, 6.07) is 0.379. The first-order valence-corrected chi connectivity index (χ1v) is 9.56. The maximum absolute atomic E-state index is 13.0. The summed E-state index contributed by atoms with van der Waals surface area (Å²) in [6.07, 6.45) is 9.54. The number of rotatable bonds is 6. The molecular formula is C16H30N2OS. The Morgan fingerprint density at radius 2 is 2.05 bits per heavy atom. The van der Waals surface area contributed by atoms with Crippen LogP contribution < -0.4 is 5.32 Å². The fourth-order valence-electron chi connectivity index (χ4n) is 3.72. The second-order valence-corrected chi connectivity index (χ2v) is 7.46. The third kappa shape index (κ3) is 2.87. The normalized spacial score (nSPS) is 33.1. The molecule has 116 valence electrons. The van der Waals surface area contributed by atoms with Crippen LogP contribution in [-0.2, 0) is 4.79 Å². The van der Waals surface area contributed by atoms with Gasteiger partial charge in [0.2, 0.25) is 5.91 Å². The molecule has 4 heteroatoms. The molecule has 20 heavy (non-hydrogen) atoms. The smallest absolute Gasteiger partial charge is 0.244 e. The van der Waals surface area contributed by atoms with Crippen LogP contribution in [0.3, 0.4) is 0 Å². The molecule has 0 aromatic carbocycles. The molecule has 0 bridgehead atoms. The first kappa shape index (κ1) is 16.2. The Balaban J connectivity index is 2.24. The van der Waals surface area contributed by atoms with Crippen LogP contribution in [0.2, 0.25) is 0 Å². The van der Waals surface area contributed by atoms with E-state index < -0.39 is 0 Å². The van der Waals surface area contributed by atoms with Crippen LogP contribution in [0.5, 0.6) is 0 Å². The molecule has 1 amide bonds. The molecule has 1 saturated heterocycles. The molecule has 0 aromatic heterocycles. The maximum Gasteiger partial charge on any atom is 0.244 e. The summed E-state index contributed by atoms with van der Waals surface area (Å²) in [7, 11) is 0. The second kappa shape index (κ2) is 6.69. The summed E-state index contributed by atoms with van der Waals surface area (Å²) in [6.45, 7) is 6.42. The van der Waals surface area contributed by atoms with Crippen molar-refractivity contribution in [2.24, 2.45) is 5.92 Å². The van der Waals surface area contributed by atoms with Crippen molar-refractivity contribution in [1.82, 2.24) is 10.2 Å². The maximum atomic E-state index is 13.0. The van der Waals surface area contributed by atoms with E-state index in [1.165, 1.54) is 25.7 Å². The lowest BCUT2D eigenvalue weighted by Gasteiger charge is -2.35. The standard InChI is InChI=1S/C16H30N2OS/c1-5-13(11-20-4)18-14(12-9-7-8-10-12)17-16(3,6-2)15(18)19/h12-14,17H,5-11H2,1-4H3. The van der Waals surface area contributed by atoms with E-state index in [0.29, 0.717) is 17.9 Å². The minimum Gasteiger partial charge on any atom is -0.321 e. The Kier molecular flexibility index (Phi) is 5.41. The number of hydrogen-bond donors (Lipinski definition) is 1. The Labute approximate surface area is 128 Å². The van der Waals surface area contributed by atoms with Gasteiger partial charge in [-0.3, -0.25) is 10.1 Å². The van der Waals surface area contributed by atoms with Gasteiger partial charge in [-0.2, -0.15) is 11.8 Å². The number of nitrogens with zero attached hydrogens (tertiary/aromatic N) is 1. The van der Waals surface area contributed by atoms with Gasteiger partial charge in [-0.1, -0.05) is 26.7 Å². The van der Waals surface area contributed by atoms with Crippen molar-refractivity contribution in [1.29, 1.82) is 0 Å².